The second kappa shape index (κ2) is 2.86. The second-order valence-corrected chi connectivity index (χ2v) is 2.76. The summed E-state index contributed by atoms with van der Waals surface area (Å²) in [5.41, 5.74) is 2.33. The molecule has 1 heterocycles. The zero-order valence-electron chi connectivity index (χ0n) is 6.87. The minimum absolute atomic E-state index is 0.801. The van der Waals surface area contributed by atoms with E-state index in [2.05, 4.69) is 25.1 Å². The third-order valence-corrected chi connectivity index (χ3v) is 1.78. The lowest BCUT2D eigenvalue weighted by Crippen LogP contribution is -1.74. The Bertz CT molecular complexity index is 343. The average molecular weight is 157 g/mol. The first kappa shape index (κ1) is 7.17. The Balaban J connectivity index is 2.43. The van der Waals surface area contributed by atoms with Crippen molar-refractivity contribution in [2.45, 2.75) is 6.92 Å². The number of hydrogen-bond acceptors (Lipinski definition) is 1. The first-order chi connectivity index (χ1) is 5.86. The molecule has 0 amide bonds. The van der Waals surface area contributed by atoms with Gasteiger partial charge in [0.1, 0.15) is 5.76 Å². The Morgan fingerprint density at radius 3 is 2.50 bits per heavy atom. The first-order valence-corrected chi connectivity index (χ1v) is 3.88. The van der Waals surface area contributed by atoms with Gasteiger partial charge in [-0.2, -0.15) is 0 Å². The molecule has 1 heteroatoms. The molecule has 0 spiro atoms. The molecule has 0 unspecified atom stereocenters. The molecule has 59 valence electrons. The summed E-state index contributed by atoms with van der Waals surface area (Å²) < 4.78 is 5.20. The van der Waals surface area contributed by atoms with Gasteiger partial charge in [-0.25, -0.2) is 0 Å². The molecule has 0 N–H and O–H groups in total. The van der Waals surface area contributed by atoms with Crippen molar-refractivity contribution in [3.8, 4) is 11.3 Å². The standard InChI is InChI=1S/C11H9O/c1-9-4-6-10(7-5-9)11-3-2-8-12-11/h2,4-8H,1H3. The van der Waals surface area contributed by atoms with Gasteiger partial charge in [0.15, 0.2) is 0 Å². The van der Waals surface area contributed by atoms with Crippen LogP contribution in [0.15, 0.2) is 41.0 Å². The van der Waals surface area contributed by atoms with Crippen LogP contribution in [0.1, 0.15) is 5.56 Å². The van der Waals surface area contributed by atoms with Gasteiger partial charge >= 0.3 is 0 Å². The highest BCUT2D eigenvalue weighted by Gasteiger charge is 1.98. The molecule has 2 rings (SSSR count). The molecule has 0 saturated heterocycles. The monoisotopic (exact) mass is 157 g/mol. The maximum atomic E-state index is 5.20. The summed E-state index contributed by atoms with van der Waals surface area (Å²) in [6.45, 7) is 2.07. The molecule has 0 aliphatic carbocycles. The molecule has 0 fully saturated rings. The van der Waals surface area contributed by atoms with E-state index in [4.69, 9.17) is 4.42 Å². The van der Waals surface area contributed by atoms with Gasteiger partial charge in [0, 0.05) is 11.6 Å². The maximum absolute atomic E-state index is 5.20. The Morgan fingerprint density at radius 2 is 1.92 bits per heavy atom. The fourth-order valence-corrected chi connectivity index (χ4v) is 1.10. The highest BCUT2D eigenvalue weighted by molar-refractivity contribution is 5.56. The van der Waals surface area contributed by atoms with Crippen LogP contribution in [0.25, 0.3) is 11.3 Å². The first-order valence-electron chi connectivity index (χ1n) is 3.88. The quantitative estimate of drug-likeness (QED) is 0.620. The highest BCUT2D eigenvalue weighted by atomic mass is 16.3. The van der Waals surface area contributed by atoms with E-state index in [0.717, 1.165) is 11.3 Å². The molecule has 1 aromatic carbocycles. The molecule has 1 radical (unpaired) electrons. The Labute approximate surface area is 71.6 Å². The summed E-state index contributed by atoms with van der Waals surface area (Å²) in [6, 6.07) is 13.0. The van der Waals surface area contributed by atoms with E-state index < -0.39 is 0 Å². The zero-order chi connectivity index (χ0) is 8.39. The van der Waals surface area contributed by atoms with E-state index in [1.165, 1.54) is 5.56 Å². The molecule has 2 aromatic rings. The van der Waals surface area contributed by atoms with Gasteiger partial charge in [-0.05, 0) is 13.0 Å². The van der Waals surface area contributed by atoms with Crippen molar-refractivity contribution < 1.29 is 4.42 Å². The Hall–Kier alpha value is -1.50. The summed E-state index contributed by atoms with van der Waals surface area (Å²) >= 11 is 0. The number of furan rings is 1. The summed E-state index contributed by atoms with van der Waals surface area (Å²) in [6.07, 6.45) is 1.63. The lowest BCUT2D eigenvalue weighted by Gasteiger charge is -1.95. The van der Waals surface area contributed by atoms with Crippen LogP contribution < -0.4 is 0 Å². The van der Waals surface area contributed by atoms with Crippen molar-refractivity contribution in [2.24, 2.45) is 0 Å². The summed E-state index contributed by atoms with van der Waals surface area (Å²) in [7, 11) is 0. The van der Waals surface area contributed by atoms with Crippen molar-refractivity contribution >= 4 is 0 Å². The van der Waals surface area contributed by atoms with Gasteiger partial charge in [-0.15, -0.1) is 0 Å². The van der Waals surface area contributed by atoms with E-state index in [9.17, 15) is 0 Å². The van der Waals surface area contributed by atoms with Crippen LogP contribution in [0.3, 0.4) is 0 Å². The average Bonchev–Trinajstić information content (AvgIpc) is 2.58. The minimum Gasteiger partial charge on any atom is -0.464 e. The van der Waals surface area contributed by atoms with Gasteiger partial charge < -0.3 is 4.42 Å². The van der Waals surface area contributed by atoms with Crippen molar-refractivity contribution in [3.05, 3.63) is 48.2 Å². The summed E-state index contributed by atoms with van der Waals surface area (Å²) in [5, 5.41) is 0. The molecular formula is C11H9O. The number of hydrogen-bond donors (Lipinski definition) is 0. The van der Waals surface area contributed by atoms with Crippen molar-refractivity contribution in [1.29, 1.82) is 0 Å². The molecule has 12 heavy (non-hydrogen) atoms. The molecule has 0 bridgehead atoms. The van der Waals surface area contributed by atoms with E-state index in [-0.39, 0.29) is 0 Å². The molecular weight excluding hydrogens is 148 g/mol. The third-order valence-electron chi connectivity index (χ3n) is 1.78. The molecule has 1 aromatic heterocycles. The maximum Gasteiger partial charge on any atom is 0.141 e. The highest BCUT2D eigenvalue weighted by Crippen LogP contribution is 2.18. The van der Waals surface area contributed by atoms with Crippen LogP contribution in [-0.4, -0.2) is 0 Å². The predicted octanol–water partition coefficient (Wildman–Crippen LogP) is 3.06. The van der Waals surface area contributed by atoms with Gasteiger partial charge in [0.2, 0.25) is 0 Å². The lowest BCUT2D eigenvalue weighted by molar-refractivity contribution is 0.582. The van der Waals surface area contributed by atoms with Crippen molar-refractivity contribution in [1.82, 2.24) is 0 Å². The van der Waals surface area contributed by atoms with E-state index in [0.29, 0.717) is 0 Å². The zero-order valence-corrected chi connectivity index (χ0v) is 6.87. The van der Waals surface area contributed by atoms with Gasteiger partial charge in [0.25, 0.3) is 0 Å². The number of benzene rings is 1. The molecule has 1 nitrogen and oxygen atoms in total. The summed E-state index contributed by atoms with van der Waals surface area (Å²) in [4.78, 5) is 0. The van der Waals surface area contributed by atoms with Crippen LogP contribution in [0, 0.1) is 13.0 Å². The minimum atomic E-state index is 0.801. The van der Waals surface area contributed by atoms with E-state index in [1.54, 1.807) is 12.3 Å². The van der Waals surface area contributed by atoms with Crippen LogP contribution >= 0.6 is 0 Å². The number of rotatable bonds is 1. The molecule has 0 aliphatic rings. The molecule has 0 aliphatic heterocycles. The van der Waals surface area contributed by atoms with Crippen LogP contribution in [0.2, 0.25) is 0 Å². The number of aryl methyl sites for hydroxylation is 1. The third kappa shape index (κ3) is 1.26. The van der Waals surface area contributed by atoms with E-state index in [1.807, 2.05) is 12.1 Å². The largest absolute Gasteiger partial charge is 0.464 e. The SMILES string of the molecule is Cc1ccc(-c2[c]cco2)cc1. The second-order valence-electron chi connectivity index (χ2n) is 2.76. The Kier molecular flexibility index (Phi) is 1.71. The lowest BCUT2D eigenvalue weighted by atomic mass is 10.1. The predicted molar refractivity (Wildman–Crippen MR) is 47.7 cm³/mol. The molecule has 0 saturated carbocycles. The van der Waals surface area contributed by atoms with Crippen molar-refractivity contribution in [3.63, 3.8) is 0 Å². The fourth-order valence-electron chi connectivity index (χ4n) is 1.10. The van der Waals surface area contributed by atoms with E-state index >= 15 is 0 Å². The van der Waals surface area contributed by atoms with Gasteiger partial charge in [-0.1, -0.05) is 29.8 Å². The molecule has 0 atom stereocenters. The van der Waals surface area contributed by atoms with Crippen LogP contribution in [-0.2, 0) is 0 Å². The summed E-state index contributed by atoms with van der Waals surface area (Å²) in [5.74, 6) is 0.801. The smallest absolute Gasteiger partial charge is 0.141 e. The van der Waals surface area contributed by atoms with Crippen LogP contribution in [0.5, 0.6) is 0 Å². The normalized spacial score (nSPS) is 10.1. The van der Waals surface area contributed by atoms with Crippen molar-refractivity contribution in [2.75, 3.05) is 0 Å². The fraction of sp³-hybridized carbons (Fsp3) is 0.0909. The van der Waals surface area contributed by atoms with Gasteiger partial charge in [0.05, 0.1) is 6.26 Å². The Morgan fingerprint density at radius 1 is 1.17 bits per heavy atom. The van der Waals surface area contributed by atoms with Gasteiger partial charge in [-0.3, -0.25) is 0 Å². The van der Waals surface area contributed by atoms with Crippen LogP contribution in [0.4, 0.5) is 0 Å². The topological polar surface area (TPSA) is 13.1 Å².